The monoisotopic (exact) mass is 276 g/mol. The largest absolute Gasteiger partial charge is 0.321 e. The number of amides is 1. The first-order valence-electron chi connectivity index (χ1n) is 7.15. The van der Waals surface area contributed by atoms with Gasteiger partial charge in [-0.1, -0.05) is 32.9 Å². The molecule has 108 valence electrons. The average molecular weight is 276 g/mol. The molecule has 1 spiro atoms. The van der Waals surface area contributed by atoms with Gasteiger partial charge in [-0.2, -0.15) is 0 Å². The molecule has 1 atom stereocenters. The average Bonchev–Trinajstić information content (AvgIpc) is 3.07. The maximum absolute atomic E-state index is 13.5. The standard InChI is InChI=1S/C16H21FN2O/c1-15(2,3)10-19-13(11-5-4-6-12(17)9-11)18-16(7-8-16)14(19)20/h4-6,9,13,18H,7-8,10H2,1-3H3. The number of benzene rings is 1. The smallest absolute Gasteiger partial charge is 0.244 e. The Bertz CT molecular complexity index is 546. The molecular weight excluding hydrogens is 255 g/mol. The van der Waals surface area contributed by atoms with E-state index in [9.17, 15) is 9.18 Å². The fourth-order valence-electron chi connectivity index (χ4n) is 2.89. The van der Waals surface area contributed by atoms with Crippen molar-refractivity contribution in [2.75, 3.05) is 6.54 Å². The van der Waals surface area contributed by atoms with Crippen LogP contribution in [-0.2, 0) is 4.79 Å². The summed E-state index contributed by atoms with van der Waals surface area (Å²) in [6, 6.07) is 6.53. The summed E-state index contributed by atoms with van der Waals surface area (Å²) in [5, 5.41) is 3.42. The lowest BCUT2D eigenvalue weighted by molar-refractivity contribution is -0.132. The first kappa shape index (κ1) is 13.6. The van der Waals surface area contributed by atoms with Gasteiger partial charge in [0.2, 0.25) is 5.91 Å². The Balaban J connectivity index is 1.93. The molecule has 1 aromatic carbocycles. The Labute approximate surface area is 119 Å². The van der Waals surface area contributed by atoms with E-state index < -0.39 is 0 Å². The fourth-order valence-corrected chi connectivity index (χ4v) is 2.89. The summed E-state index contributed by atoms with van der Waals surface area (Å²) >= 11 is 0. The van der Waals surface area contributed by atoms with E-state index >= 15 is 0 Å². The summed E-state index contributed by atoms with van der Waals surface area (Å²) in [7, 11) is 0. The first-order chi connectivity index (χ1) is 9.31. The summed E-state index contributed by atoms with van der Waals surface area (Å²) in [6.45, 7) is 7.00. The summed E-state index contributed by atoms with van der Waals surface area (Å²) in [5.74, 6) is -0.0918. The number of hydrogen-bond donors (Lipinski definition) is 1. The predicted octanol–water partition coefficient (Wildman–Crippen LogP) is 2.83. The van der Waals surface area contributed by atoms with Gasteiger partial charge in [0.15, 0.2) is 0 Å². The van der Waals surface area contributed by atoms with Crippen LogP contribution < -0.4 is 5.32 Å². The van der Waals surface area contributed by atoms with Gasteiger partial charge in [-0.25, -0.2) is 4.39 Å². The molecule has 0 radical (unpaired) electrons. The molecular formula is C16H21FN2O. The van der Waals surface area contributed by atoms with Gasteiger partial charge in [0.25, 0.3) is 0 Å². The van der Waals surface area contributed by atoms with Crippen LogP contribution in [0.3, 0.4) is 0 Å². The lowest BCUT2D eigenvalue weighted by Gasteiger charge is -2.31. The molecule has 1 unspecified atom stereocenters. The number of carbonyl (C=O) groups excluding carboxylic acids is 1. The van der Waals surface area contributed by atoms with E-state index in [-0.39, 0.29) is 28.8 Å². The molecule has 0 bridgehead atoms. The number of nitrogens with one attached hydrogen (secondary N) is 1. The van der Waals surface area contributed by atoms with Crippen molar-refractivity contribution in [2.24, 2.45) is 5.41 Å². The minimum atomic E-state index is -0.373. The summed E-state index contributed by atoms with van der Waals surface area (Å²) < 4.78 is 13.5. The number of hydrogen-bond acceptors (Lipinski definition) is 2. The van der Waals surface area contributed by atoms with Crippen molar-refractivity contribution in [2.45, 2.75) is 45.3 Å². The second-order valence-corrected chi connectivity index (χ2v) is 7.18. The van der Waals surface area contributed by atoms with Gasteiger partial charge in [-0.05, 0) is 36.0 Å². The highest BCUT2D eigenvalue weighted by Crippen LogP contribution is 2.46. The molecule has 1 saturated carbocycles. The van der Waals surface area contributed by atoms with Crippen molar-refractivity contribution < 1.29 is 9.18 Å². The zero-order valence-corrected chi connectivity index (χ0v) is 12.2. The van der Waals surface area contributed by atoms with Crippen LogP contribution in [-0.4, -0.2) is 22.9 Å². The fraction of sp³-hybridized carbons (Fsp3) is 0.562. The zero-order valence-electron chi connectivity index (χ0n) is 12.2. The Kier molecular flexibility index (Phi) is 2.91. The molecule has 1 saturated heterocycles. The molecule has 1 heterocycles. The maximum Gasteiger partial charge on any atom is 0.244 e. The van der Waals surface area contributed by atoms with E-state index in [2.05, 4.69) is 26.1 Å². The van der Waals surface area contributed by atoms with Crippen LogP contribution in [0, 0.1) is 11.2 Å². The number of carbonyl (C=O) groups is 1. The van der Waals surface area contributed by atoms with Gasteiger partial charge in [0.05, 0.1) is 0 Å². The van der Waals surface area contributed by atoms with Gasteiger partial charge < -0.3 is 4.90 Å². The van der Waals surface area contributed by atoms with Gasteiger partial charge in [-0.15, -0.1) is 0 Å². The Morgan fingerprint density at radius 2 is 2.10 bits per heavy atom. The lowest BCUT2D eigenvalue weighted by Crippen LogP contribution is -2.38. The third-order valence-electron chi connectivity index (χ3n) is 3.95. The van der Waals surface area contributed by atoms with Crippen LogP contribution >= 0.6 is 0 Å². The van der Waals surface area contributed by atoms with Crippen molar-refractivity contribution in [3.8, 4) is 0 Å². The predicted molar refractivity (Wildman–Crippen MR) is 75.4 cm³/mol. The van der Waals surface area contributed by atoms with Gasteiger partial charge in [-0.3, -0.25) is 10.1 Å². The molecule has 3 rings (SSSR count). The molecule has 1 aliphatic carbocycles. The molecule has 1 amide bonds. The van der Waals surface area contributed by atoms with Crippen molar-refractivity contribution in [1.29, 1.82) is 0 Å². The van der Waals surface area contributed by atoms with Crippen LogP contribution in [0.2, 0.25) is 0 Å². The molecule has 2 aliphatic rings. The zero-order chi connectivity index (χ0) is 14.5. The maximum atomic E-state index is 13.5. The molecule has 2 fully saturated rings. The van der Waals surface area contributed by atoms with Gasteiger partial charge in [0.1, 0.15) is 17.5 Å². The van der Waals surface area contributed by atoms with E-state index in [1.807, 2.05) is 11.0 Å². The minimum Gasteiger partial charge on any atom is -0.321 e. The minimum absolute atomic E-state index is 0.0172. The lowest BCUT2D eigenvalue weighted by atomic mass is 9.95. The van der Waals surface area contributed by atoms with Gasteiger partial charge in [0, 0.05) is 6.54 Å². The van der Waals surface area contributed by atoms with Crippen LogP contribution in [0.4, 0.5) is 4.39 Å². The van der Waals surface area contributed by atoms with Crippen LogP contribution in [0.5, 0.6) is 0 Å². The molecule has 1 aliphatic heterocycles. The topological polar surface area (TPSA) is 32.3 Å². The van der Waals surface area contributed by atoms with E-state index in [4.69, 9.17) is 0 Å². The summed E-state index contributed by atoms with van der Waals surface area (Å²) in [5.41, 5.74) is 0.470. The van der Waals surface area contributed by atoms with Crippen molar-refractivity contribution >= 4 is 5.91 Å². The highest BCUT2D eigenvalue weighted by Gasteiger charge is 2.59. The summed E-state index contributed by atoms with van der Waals surface area (Å²) in [6.07, 6.45) is 1.57. The Hall–Kier alpha value is -1.42. The first-order valence-corrected chi connectivity index (χ1v) is 7.15. The second kappa shape index (κ2) is 4.29. The third-order valence-corrected chi connectivity index (χ3v) is 3.95. The van der Waals surface area contributed by atoms with E-state index in [0.29, 0.717) is 6.54 Å². The number of nitrogens with zero attached hydrogens (tertiary/aromatic N) is 1. The van der Waals surface area contributed by atoms with E-state index in [0.717, 1.165) is 18.4 Å². The highest BCUT2D eigenvalue weighted by molar-refractivity contribution is 5.92. The van der Waals surface area contributed by atoms with Crippen LogP contribution in [0.1, 0.15) is 45.3 Å². The molecule has 3 nitrogen and oxygen atoms in total. The van der Waals surface area contributed by atoms with E-state index in [1.165, 1.54) is 12.1 Å². The van der Waals surface area contributed by atoms with Crippen molar-refractivity contribution in [1.82, 2.24) is 10.2 Å². The van der Waals surface area contributed by atoms with Crippen LogP contribution in [0.15, 0.2) is 24.3 Å². The summed E-state index contributed by atoms with van der Waals surface area (Å²) in [4.78, 5) is 14.5. The molecule has 4 heteroatoms. The second-order valence-electron chi connectivity index (χ2n) is 7.18. The normalized spacial score (nSPS) is 24.5. The Morgan fingerprint density at radius 1 is 1.40 bits per heavy atom. The number of rotatable bonds is 2. The van der Waals surface area contributed by atoms with Crippen molar-refractivity contribution in [3.63, 3.8) is 0 Å². The quantitative estimate of drug-likeness (QED) is 0.901. The highest BCUT2D eigenvalue weighted by atomic mass is 19.1. The van der Waals surface area contributed by atoms with Crippen molar-refractivity contribution in [3.05, 3.63) is 35.6 Å². The van der Waals surface area contributed by atoms with Gasteiger partial charge >= 0.3 is 0 Å². The molecule has 20 heavy (non-hydrogen) atoms. The van der Waals surface area contributed by atoms with Crippen LogP contribution in [0.25, 0.3) is 0 Å². The SMILES string of the molecule is CC(C)(C)CN1C(=O)C2(CC2)NC1c1cccc(F)c1. The molecule has 0 aromatic heterocycles. The third kappa shape index (κ3) is 2.33. The Morgan fingerprint density at radius 3 is 2.65 bits per heavy atom. The number of halogens is 1. The molecule has 1 aromatic rings. The molecule has 1 N–H and O–H groups in total. The van der Waals surface area contributed by atoms with E-state index in [1.54, 1.807) is 6.07 Å².